The summed E-state index contributed by atoms with van der Waals surface area (Å²) >= 11 is 5.57. The predicted octanol–water partition coefficient (Wildman–Crippen LogP) is 2.18. The molecule has 0 amide bonds. The van der Waals surface area contributed by atoms with Crippen LogP contribution in [0.2, 0.25) is 5.28 Å². The molecule has 4 nitrogen and oxygen atoms in total. The Bertz CT molecular complexity index is 348. The Morgan fingerprint density at radius 2 is 2.43 bits per heavy atom. The summed E-state index contributed by atoms with van der Waals surface area (Å²) in [4.78, 5) is 7.52. The number of hydrogen-bond donors (Lipinski definition) is 0. The summed E-state index contributed by atoms with van der Waals surface area (Å²) < 4.78 is 5.29. The largest absolute Gasteiger partial charge is 0.477 e. The maximum absolute atomic E-state index is 8.71. The molecule has 5 heteroatoms. The van der Waals surface area contributed by atoms with Crippen molar-refractivity contribution < 1.29 is 4.74 Å². The SMILES string of the molecule is CCCCOc1nc(Cl)ncc1C#N. The van der Waals surface area contributed by atoms with Crippen molar-refractivity contribution in [3.8, 4) is 11.9 Å². The van der Waals surface area contributed by atoms with Crippen LogP contribution in [-0.4, -0.2) is 16.6 Å². The Morgan fingerprint density at radius 1 is 1.64 bits per heavy atom. The van der Waals surface area contributed by atoms with Gasteiger partial charge in [0.1, 0.15) is 11.6 Å². The fourth-order valence-electron chi connectivity index (χ4n) is 0.846. The molecule has 0 aliphatic rings. The minimum absolute atomic E-state index is 0.0931. The first-order valence-corrected chi connectivity index (χ1v) is 4.71. The molecule has 0 aromatic carbocycles. The number of hydrogen-bond acceptors (Lipinski definition) is 4. The molecule has 14 heavy (non-hydrogen) atoms. The predicted molar refractivity (Wildman–Crippen MR) is 52.2 cm³/mol. The second kappa shape index (κ2) is 5.40. The Kier molecular flexibility index (Phi) is 4.14. The maximum Gasteiger partial charge on any atom is 0.236 e. The van der Waals surface area contributed by atoms with E-state index < -0.39 is 0 Å². The lowest BCUT2D eigenvalue weighted by Gasteiger charge is -2.04. The molecule has 74 valence electrons. The summed E-state index contributed by atoms with van der Waals surface area (Å²) in [6, 6.07) is 1.94. The number of nitrogens with zero attached hydrogens (tertiary/aromatic N) is 3. The van der Waals surface area contributed by atoms with Gasteiger partial charge in [-0.05, 0) is 18.0 Å². The Morgan fingerprint density at radius 3 is 3.07 bits per heavy atom. The van der Waals surface area contributed by atoms with Crippen LogP contribution in [0.15, 0.2) is 6.20 Å². The van der Waals surface area contributed by atoms with Crippen molar-refractivity contribution >= 4 is 11.6 Å². The number of aromatic nitrogens is 2. The molecular weight excluding hydrogens is 202 g/mol. The zero-order chi connectivity index (χ0) is 10.4. The van der Waals surface area contributed by atoms with Crippen molar-refractivity contribution in [2.75, 3.05) is 6.61 Å². The third-order valence-corrected chi connectivity index (χ3v) is 1.76. The number of nitriles is 1. The summed E-state index contributed by atoms with van der Waals surface area (Å²) in [6.07, 6.45) is 3.31. The molecule has 0 N–H and O–H groups in total. The third kappa shape index (κ3) is 2.86. The van der Waals surface area contributed by atoms with Crippen molar-refractivity contribution in [3.05, 3.63) is 17.0 Å². The second-order valence-corrected chi connectivity index (χ2v) is 3.01. The monoisotopic (exact) mass is 211 g/mol. The van der Waals surface area contributed by atoms with E-state index in [0.29, 0.717) is 12.2 Å². The molecule has 0 saturated carbocycles. The second-order valence-electron chi connectivity index (χ2n) is 2.67. The molecule has 0 atom stereocenters. The molecule has 0 bridgehead atoms. The summed E-state index contributed by atoms with van der Waals surface area (Å²) in [5.74, 6) is 0.265. The Balaban J connectivity index is 2.73. The standard InChI is InChI=1S/C9H10ClN3O/c1-2-3-4-14-8-7(5-11)6-12-9(10)13-8/h6H,2-4H2,1H3. The van der Waals surface area contributed by atoms with Crippen LogP contribution in [0, 0.1) is 11.3 Å². The molecule has 1 rings (SSSR count). The maximum atomic E-state index is 8.71. The van der Waals surface area contributed by atoms with Crippen LogP contribution < -0.4 is 4.74 Å². The van der Waals surface area contributed by atoms with Gasteiger partial charge in [-0.3, -0.25) is 0 Å². The number of ether oxygens (including phenoxy) is 1. The van der Waals surface area contributed by atoms with Crippen LogP contribution in [-0.2, 0) is 0 Å². The van der Waals surface area contributed by atoms with Gasteiger partial charge in [-0.2, -0.15) is 10.2 Å². The van der Waals surface area contributed by atoms with Crippen molar-refractivity contribution in [1.29, 1.82) is 5.26 Å². The van der Waals surface area contributed by atoms with E-state index in [4.69, 9.17) is 21.6 Å². The summed E-state index contributed by atoms with van der Waals surface area (Å²) in [7, 11) is 0. The highest BCUT2D eigenvalue weighted by Crippen LogP contribution is 2.15. The van der Waals surface area contributed by atoms with Crippen molar-refractivity contribution in [2.24, 2.45) is 0 Å². The normalized spacial score (nSPS) is 9.50. The van der Waals surface area contributed by atoms with Gasteiger partial charge in [0.05, 0.1) is 12.8 Å². The van der Waals surface area contributed by atoms with Crippen LogP contribution in [0.1, 0.15) is 25.3 Å². The smallest absolute Gasteiger partial charge is 0.236 e. The molecule has 0 radical (unpaired) electrons. The van der Waals surface area contributed by atoms with Gasteiger partial charge in [-0.25, -0.2) is 4.98 Å². The lowest BCUT2D eigenvalue weighted by atomic mass is 10.3. The lowest BCUT2D eigenvalue weighted by Crippen LogP contribution is -2.01. The van der Waals surface area contributed by atoms with Crippen molar-refractivity contribution in [2.45, 2.75) is 19.8 Å². The van der Waals surface area contributed by atoms with Crippen LogP contribution in [0.3, 0.4) is 0 Å². The molecule has 0 aliphatic carbocycles. The zero-order valence-electron chi connectivity index (χ0n) is 7.83. The van der Waals surface area contributed by atoms with E-state index in [1.165, 1.54) is 6.20 Å². The van der Waals surface area contributed by atoms with Crippen LogP contribution in [0.25, 0.3) is 0 Å². The van der Waals surface area contributed by atoms with Crippen molar-refractivity contribution in [1.82, 2.24) is 9.97 Å². The highest BCUT2D eigenvalue weighted by molar-refractivity contribution is 6.28. The average molecular weight is 212 g/mol. The van der Waals surface area contributed by atoms with Crippen LogP contribution in [0.4, 0.5) is 0 Å². The first-order valence-electron chi connectivity index (χ1n) is 4.33. The van der Waals surface area contributed by atoms with Gasteiger partial charge in [0.25, 0.3) is 0 Å². The third-order valence-electron chi connectivity index (χ3n) is 1.58. The van der Waals surface area contributed by atoms with E-state index >= 15 is 0 Å². The highest BCUT2D eigenvalue weighted by Gasteiger charge is 2.06. The lowest BCUT2D eigenvalue weighted by molar-refractivity contribution is 0.296. The molecular formula is C9H10ClN3O. The van der Waals surface area contributed by atoms with E-state index in [0.717, 1.165) is 12.8 Å². The van der Waals surface area contributed by atoms with Crippen LogP contribution >= 0.6 is 11.6 Å². The summed E-state index contributed by atoms with van der Waals surface area (Å²) in [5.41, 5.74) is 0.311. The van der Waals surface area contributed by atoms with E-state index in [2.05, 4.69) is 16.9 Å². The summed E-state index contributed by atoms with van der Waals surface area (Å²) in [5, 5.41) is 8.81. The van der Waals surface area contributed by atoms with E-state index in [9.17, 15) is 0 Å². The van der Waals surface area contributed by atoms with Gasteiger partial charge in [-0.15, -0.1) is 0 Å². The van der Waals surface area contributed by atoms with Crippen molar-refractivity contribution in [3.63, 3.8) is 0 Å². The van der Waals surface area contributed by atoms with Gasteiger partial charge >= 0.3 is 0 Å². The Hall–Kier alpha value is -1.34. The molecule has 1 heterocycles. The molecule has 1 aromatic heterocycles. The Labute approximate surface area is 87.5 Å². The first-order chi connectivity index (χ1) is 6.77. The van der Waals surface area contributed by atoms with Gasteiger partial charge in [0, 0.05) is 0 Å². The number of rotatable bonds is 4. The quantitative estimate of drug-likeness (QED) is 0.566. The molecule has 0 fully saturated rings. The molecule has 0 unspecified atom stereocenters. The first kappa shape index (κ1) is 10.7. The number of halogens is 1. The van der Waals surface area contributed by atoms with E-state index in [1.54, 1.807) is 0 Å². The molecule has 0 spiro atoms. The molecule has 0 saturated heterocycles. The fraction of sp³-hybridized carbons (Fsp3) is 0.444. The molecule has 0 aliphatic heterocycles. The van der Waals surface area contributed by atoms with E-state index in [-0.39, 0.29) is 11.2 Å². The van der Waals surface area contributed by atoms with Gasteiger partial charge in [-0.1, -0.05) is 13.3 Å². The number of unbranched alkanes of at least 4 members (excludes halogenated alkanes) is 1. The summed E-state index contributed by atoms with van der Waals surface area (Å²) in [6.45, 7) is 2.60. The minimum Gasteiger partial charge on any atom is -0.477 e. The molecule has 1 aromatic rings. The van der Waals surface area contributed by atoms with Gasteiger partial charge < -0.3 is 4.74 Å². The van der Waals surface area contributed by atoms with Gasteiger partial charge in [0.15, 0.2) is 0 Å². The van der Waals surface area contributed by atoms with Gasteiger partial charge in [0.2, 0.25) is 11.2 Å². The van der Waals surface area contributed by atoms with E-state index in [1.807, 2.05) is 6.07 Å². The fourth-order valence-corrected chi connectivity index (χ4v) is 0.971. The topological polar surface area (TPSA) is 58.8 Å². The van der Waals surface area contributed by atoms with Crippen LogP contribution in [0.5, 0.6) is 5.88 Å². The minimum atomic E-state index is 0.0931. The highest BCUT2D eigenvalue weighted by atomic mass is 35.5. The average Bonchev–Trinajstić information content (AvgIpc) is 2.19. The zero-order valence-corrected chi connectivity index (χ0v) is 8.58.